The fourth-order valence-electron chi connectivity index (χ4n) is 4.07. The Labute approximate surface area is 143 Å². The van der Waals surface area contributed by atoms with E-state index >= 15 is 0 Å². The molecule has 2 amide bonds. The Morgan fingerprint density at radius 2 is 1.88 bits per heavy atom. The van der Waals surface area contributed by atoms with Crippen molar-refractivity contribution in [3.63, 3.8) is 0 Å². The van der Waals surface area contributed by atoms with Crippen LogP contribution in [0.25, 0.3) is 0 Å². The third kappa shape index (κ3) is 3.15. The van der Waals surface area contributed by atoms with Crippen LogP contribution < -0.4 is 4.90 Å². The summed E-state index contributed by atoms with van der Waals surface area (Å²) in [4.78, 5) is 20.8. The molecule has 3 saturated heterocycles. The maximum absolute atomic E-state index is 12.1. The molecule has 0 saturated carbocycles. The van der Waals surface area contributed by atoms with Crippen molar-refractivity contribution in [1.29, 1.82) is 0 Å². The summed E-state index contributed by atoms with van der Waals surface area (Å²) in [7, 11) is 1.85. The highest BCUT2D eigenvalue weighted by atomic mass is 16.2. The van der Waals surface area contributed by atoms with Crippen LogP contribution in [0.1, 0.15) is 25.3 Å². The highest BCUT2D eigenvalue weighted by Crippen LogP contribution is 2.25. The van der Waals surface area contributed by atoms with Gasteiger partial charge in [0.05, 0.1) is 17.9 Å². The SMILES string of the molecule is CN1CCN(c2cnn(C3CCN(CCN4CCCC4)C3)c2)C1=O. The minimum atomic E-state index is 0.0770. The van der Waals surface area contributed by atoms with Gasteiger partial charge in [0, 0.05) is 52.5 Å². The molecule has 132 valence electrons. The van der Waals surface area contributed by atoms with Gasteiger partial charge >= 0.3 is 6.03 Å². The number of likely N-dealkylation sites (tertiary alicyclic amines) is 2. The van der Waals surface area contributed by atoms with Crippen LogP contribution in [0.4, 0.5) is 10.5 Å². The molecule has 1 unspecified atom stereocenters. The van der Waals surface area contributed by atoms with Gasteiger partial charge in [0.15, 0.2) is 0 Å². The molecule has 7 heteroatoms. The van der Waals surface area contributed by atoms with Crippen LogP contribution in [0.3, 0.4) is 0 Å². The molecule has 3 aliphatic rings. The number of amides is 2. The van der Waals surface area contributed by atoms with Gasteiger partial charge in [0.2, 0.25) is 0 Å². The second-order valence-corrected chi connectivity index (χ2v) is 7.33. The smallest absolute Gasteiger partial charge is 0.324 e. The summed E-state index contributed by atoms with van der Waals surface area (Å²) >= 11 is 0. The first-order valence-corrected chi connectivity index (χ1v) is 9.22. The third-order valence-electron chi connectivity index (χ3n) is 5.67. The average molecular weight is 332 g/mol. The molecule has 0 N–H and O–H groups in total. The van der Waals surface area contributed by atoms with E-state index in [1.165, 1.54) is 39.0 Å². The Morgan fingerprint density at radius 1 is 1.08 bits per heavy atom. The van der Waals surface area contributed by atoms with E-state index < -0.39 is 0 Å². The Balaban J connectivity index is 1.31. The van der Waals surface area contributed by atoms with Crippen molar-refractivity contribution in [2.45, 2.75) is 25.3 Å². The molecule has 1 atom stereocenters. The van der Waals surface area contributed by atoms with Gasteiger partial charge in [-0.1, -0.05) is 0 Å². The summed E-state index contributed by atoms with van der Waals surface area (Å²) < 4.78 is 2.07. The minimum absolute atomic E-state index is 0.0770. The molecule has 0 bridgehead atoms. The lowest BCUT2D eigenvalue weighted by Crippen LogP contribution is -2.32. The molecule has 4 rings (SSSR count). The summed E-state index contributed by atoms with van der Waals surface area (Å²) in [5.41, 5.74) is 0.930. The van der Waals surface area contributed by atoms with Crippen LogP contribution in [0.2, 0.25) is 0 Å². The van der Waals surface area contributed by atoms with E-state index in [0.717, 1.165) is 38.3 Å². The predicted molar refractivity (Wildman–Crippen MR) is 93.4 cm³/mol. The van der Waals surface area contributed by atoms with Crippen molar-refractivity contribution in [1.82, 2.24) is 24.5 Å². The molecule has 24 heavy (non-hydrogen) atoms. The maximum Gasteiger partial charge on any atom is 0.324 e. The number of rotatable bonds is 5. The van der Waals surface area contributed by atoms with Gasteiger partial charge in [-0.15, -0.1) is 0 Å². The van der Waals surface area contributed by atoms with Crippen molar-refractivity contribution in [3.8, 4) is 0 Å². The topological polar surface area (TPSA) is 47.9 Å². The van der Waals surface area contributed by atoms with Gasteiger partial charge in [-0.2, -0.15) is 5.10 Å². The number of urea groups is 1. The van der Waals surface area contributed by atoms with Gasteiger partial charge in [-0.25, -0.2) is 4.79 Å². The number of anilines is 1. The first-order valence-electron chi connectivity index (χ1n) is 9.22. The zero-order valence-electron chi connectivity index (χ0n) is 14.6. The summed E-state index contributed by atoms with van der Waals surface area (Å²) in [6.45, 7) is 8.69. The summed E-state index contributed by atoms with van der Waals surface area (Å²) in [5.74, 6) is 0. The zero-order chi connectivity index (χ0) is 16.5. The minimum Gasteiger partial charge on any atom is -0.326 e. The Morgan fingerprint density at radius 3 is 2.62 bits per heavy atom. The van der Waals surface area contributed by atoms with Gasteiger partial charge in [-0.3, -0.25) is 14.5 Å². The number of aromatic nitrogens is 2. The van der Waals surface area contributed by atoms with E-state index in [0.29, 0.717) is 6.04 Å². The first kappa shape index (κ1) is 15.9. The molecule has 4 heterocycles. The van der Waals surface area contributed by atoms with Gasteiger partial charge in [0.1, 0.15) is 0 Å². The van der Waals surface area contributed by atoms with Crippen molar-refractivity contribution in [3.05, 3.63) is 12.4 Å². The zero-order valence-corrected chi connectivity index (χ0v) is 14.6. The van der Waals surface area contributed by atoms with Crippen LogP contribution in [0.5, 0.6) is 0 Å². The number of hydrogen-bond acceptors (Lipinski definition) is 4. The van der Waals surface area contributed by atoms with E-state index in [-0.39, 0.29) is 6.03 Å². The maximum atomic E-state index is 12.1. The van der Waals surface area contributed by atoms with Crippen LogP contribution in [0.15, 0.2) is 12.4 Å². The van der Waals surface area contributed by atoms with Crippen molar-refractivity contribution in [2.24, 2.45) is 0 Å². The molecule has 1 aromatic rings. The number of nitrogens with zero attached hydrogens (tertiary/aromatic N) is 6. The lowest BCUT2D eigenvalue weighted by Gasteiger charge is -2.20. The Bertz CT molecular complexity index is 581. The molecule has 0 radical (unpaired) electrons. The van der Waals surface area contributed by atoms with E-state index in [2.05, 4.69) is 19.6 Å². The Hall–Kier alpha value is -1.60. The summed E-state index contributed by atoms with van der Waals surface area (Å²) in [5, 5.41) is 4.54. The first-order chi connectivity index (χ1) is 11.7. The number of carbonyl (C=O) groups is 1. The van der Waals surface area contributed by atoms with Crippen molar-refractivity contribution < 1.29 is 4.79 Å². The third-order valence-corrected chi connectivity index (χ3v) is 5.67. The van der Waals surface area contributed by atoms with Gasteiger partial charge in [-0.05, 0) is 32.4 Å². The highest BCUT2D eigenvalue weighted by molar-refractivity contribution is 5.93. The molecule has 3 aliphatic heterocycles. The standard InChI is InChI=1S/C17H28N6O/c1-19-8-11-22(17(19)24)16-12-18-23(14-16)15-4-7-21(13-15)10-9-20-5-2-3-6-20/h12,14-15H,2-11,13H2,1H3. The second-order valence-electron chi connectivity index (χ2n) is 7.33. The second kappa shape index (κ2) is 6.72. The van der Waals surface area contributed by atoms with Crippen LogP contribution in [-0.4, -0.2) is 89.9 Å². The average Bonchev–Trinajstić information content (AvgIpc) is 3.34. The quantitative estimate of drug-likeness (QED) is 0.810. The lowest BCUT2D eigenvalue weighted by molar-refractivity contribution is 0.229. The fourth-order valence-corrected chi connectivity index (χ4v) is 4.07. The predicted octanol–water partition coefficient (Wildman–Crippen LogP) is 1.10. The molecule has 0 aliphatic carbocycles. The molecule has 0 aromatic carbocycles. The number of carbonyl (C=O) groups excluding carboxylic acids is 1. The van der Waals surface area contributed by atoms with Crippen LogP contribution in [-0.2, 0) is 0 Å². The molecular formula is C17H28N6O. The number of likely N-dealkylation sites (N-methyl/N-ethyl adjacent to an activating group) is 1. The highest BCUT2D eigenvalue weighted by Gasteiger charge is 2.29. The van der Waals surface area contributed by atoms with Crippen molar-refractivity contribution >= 4 is 11.7 Å². The van der Waals surface area contributed by atoms with Gasteiger partial charge in [0.25, 0.3) is 0 Å². The van der Waals surface area contributed by atoms with E-state index in [9.17, 15) is 4.79 Å². The largest absolute Gasteiger partial charge is 0.326 e. The van der Waals surface area contributed by atoms with E-state index in [1.807, 2.05) is 24.3 Å². The Kier molecular flexibility index (Phi) is 4.45. The summed E-state index contributed by atoms with van der Waals surface area (Å²) in [6.07, 6.45) is 7.76. The normalized spacial score (nSPS) is 26.2. The van der Waals surface area contributed by atoms with E-state index in [1.54, 1.807) is 4.90 Å². The summed E-state index contributed by atoms with van der Waals surface area (Å²) in [6, 6.07) is 0.515. The van der Waals surface area contributed by atoms with E-state index in [4.69, 9.17) is 0 Å². The molecule has 1 aromatic heterocycles. The molecule has 0 spiro atoms. The lowest BCUT2D eigenvalue weighted by atomic mass is 10.3. The van der Waals surface area contributed by atoms with Gasteiger partial charge < -0.3 is 9.80 Å². The molecule has 7 nitrogen and oxygen atoms in total. The molecular weight excluding hydrogens is 304 g/mol. The monoisotopic (exact) mass is 332 g/mol. The fraction of sp³-hybridized carbons (Fsp3) is 0.765. The van der Waals surface area contributed by atoms with Crippen LogP contribution >= 0.6 is 0 Å². The van der Waals surface area contributed by atoms with Crippen LogP contribution in [0, 0.1) is 0 Å². The molecule has 3 fully saturated rings. The number of hydrogen-bond donors (Lipinski definition) is 0. The van der Waals surface area contributed by atoms with Crippen molar-refractivity contribution in [2.75, 3.05) is 64.3 Å².